The highest BCUT2D eigenvalue weighted by Gasteiger charge is 2.15. The van der Waals surface area contributed by atoms with Gasteiger partial charge in [-0.05, 0) is 58.7 Å². The van der Waals surface area contributed by atoms with Crippen LogP contribution in [0.2, 0.25) is 0 Å². The summed E-state index contributed by atoms with van der Waals surface area (Å²) in [6.45, 7) is 13.4. The predicted molar refractivity (Wildman–Crippen MR) is 105 cm³/mol. The lowest BCUT2D eigenvalue weighted by atomic mass is 10.1. The van der Waals surface area contributed by atoms with Crippen molar-refractivity contribution in [1.29, 1.82) is 0 Å². The summed E-state index contributed by atoms with van der Waals surface area (Å²) >= 11 is 0. The van der Waals surface area contributed by atoms with Crippen molar-refractivity contribution >= 4 is 18.3 Å². The zero-order valence-corrected chi connectivity index (χ0v) is 17.1. The van der Waals surface area contributed by atoms with Crippen molar-refractivity contribution < 1.29 is 14.3 Å². The van der Waals surface area contributed by atoms with Gasteiger partial charge in [0.1, 0.15) is 0 Å². The third-order valence-corrected chi connectivity index (χ3v) is 3.45. The van der Waals surface area contributed by atoms with Gasteiger partial charge in [0.2, 0.25) is 0 Å². The second-order valence-electron chi connectivity index (χ2n) is 6.99. The first-order valence-electron chi connectivity index (χ1n) is 8.68. The first-order chi connectivity index (χ1) is 11.2. The number of amides is 1. The summed E-state index contributed by atoms with van der Waals surface area (Å²) in [6.07, 6.45) is 1.09. The largest absolute Gasteiger partial charge is 0.490 e. The summed E-state index contributed by atoms with van der Waals surface area (Å²) < 4.78 is 11.3. The van der Waals surface area contributed by atoms with Crippen LogP contribution in [-0.2, 0) is 11.3 Å². The van der Waals surface area contributed by atoms with Crippen molar-refractivity contribution in [3.8, 4) is 11.5 Å². The number of halogens is 1. The summed E-state index contributed by atoms with van der Waals surface area (Å²) in [6, 6.07) is 6.30. The molecule has 0 saturated carbocycles. The Balaban J connectivity index is 0.00000576. The monoisotopic (exact) mass is 372 g/mol. The highest BCUT2D eigenvalue weighted by molar-refractivity contribution is 5.85. The van der Waals surface area contributed by atoms with Crippen LogP contribution in [0.25, 0.3) is 0 Å². The number of nitrogens with one attached hydrogen (secondary N) is 2. The Kier molecular flexibility index (Phi) is 10.6. The topological polar surface area (TPSA) is 59.6 Å². The van der Waals surface area contributed by atoms with Gasteiger partial charge in [-0.25, -0.2) is 0 Å². The van der Waals surface area contributed by atoms with E-state index < -0.39 is 0 Å². The Morgan fingerprint density at radius 3 is 2.40 bits per heavy atom. The second kappa shape index (κ2) is 11.2. The summed E-state index contributed by atoms with van der Waals surface area (Å²) in [7, 11) is 0. The highest BCUT2D eigenvalue weighted by Crippen LogP contribution is 2.28. The minimum Gasteiger partial charge on any atom is -0.490 e. The van der Waals surface area contributed by atoms with E-state index in [-0.39, 0.29) is 30.5 Å². The number of carbonyl (C=O) groups is 1. The molecular formula is C19H33ClN2O3. The van der Waals surface area contributed by atoms with Crippen LogP contribution >= 0.6 is 12.4 Å². The van der Waals surface area contributed by atoms with Gasteiger partial charge in [-0.2, -0.15) is 0 Å². The molecule has 0 aromatic heterocycles. The number of ether oxygens (including phenoxy) is 2. The Bertz CT molecular complexity index is 530. The first-order valence-corrected chi connectivity index (χ1v) is 8.68. The average molecular weight is 373 g/mol. The van der Waals surface area contributed by atoms with Crippen LogP contribution < -0.4 is 20.1 Å². The number of hydrogen-bond donors (Lipinski definition) is 2. The van der Waals surface area contributed by atoms with Gasteiger partial charge in [0.15, 0.2) is 18.1 Å². The summed E-state index contributed by atoms with van der Waals surface area (Å²) in [5, 5.41) is 6.33. The van der Waals surface area contributed by atoms with Crippen molar-refractivity contribution in [3.05, 3.63) is 23.8 Å². The summed E-state index contributed by atoms with van der Waals surface area (Å²) in [4.78, 5) is 11.9. The van der Waals surface area contributed by atoms with E-state index in [0.29, 0.717) is 24.1 Å². The molecule has 0 aliphatic heterocycles. The second-order valence-corrected chi connectivity index (χ2v) is 6.99. The number of carbonyl (C=O) groups excluding carboxylic acids is 1. The predicted octanol–water partition coefficient (Wildman–Crippen LogP) is 3.69. The van der Waals surface area contributed by atoms with Gasteiger partial charge in [0.05, 0.1) is 6.61 Å². The Labute approximate surface area is 158 Å². The van der Waals surface area contributed by atoms with E-state index in [1.54, 1.807) is 0 Å². The van der Waals surface area contributed by atoms with Crippen LogP contribution in [0.3, 0.4) is 0 Å². The molecule has 1 rings (SSSR count). The van der Waals surface area contributed by atoms with E-state index in [1.807, 2.05) is 45.9 Å². The van der Waals surface area contributed by atoms with Crippen molar-refractivity contribution in [2.24, 2.45) is 0 Å². The molecule has 0 aliphatic carbocycles. The quantitative estimate of drug-likeness (QED) is 0.694. The average Bonchev–Trinajstić information content (AvgIpc) is 2.50. The van der Waals surface area contributed by atoms with Crippen molar-refractivity contribution in [2.75, 3.05) is 13.2 Å². The van der Waals surface area contributed by atoms with Crippen molar-refractivity contribution in [2.45, 2.75) is 66.1 Å². The van der Waals surface area contributed by atoms with Crippen LogP contribution in [0, 0.1) is 0 Å². The molecule has 0 heterocycles. The number of benzene rings is 1. The Morgan fingerprint density at radius 1 is 1.16 bits per heavy atom. The lowest BCUT2D eigenvalue weighted by molar-refractivity contribution is -0.124. The summed E-state index contributed by atoms with van der Waals surface area (Å²) in [5.41, 5.74) is 0.861. The number of hydrogen-bond acceptors (Lipinski definition) is 4. The molecular weight excluding hydrogens is 340 g/mol. The van der Waals surface area contributed by atoms with Gasteiger partial charge < -0.3 is 20.1 Å². The molecule has 0 spiro atoms. The van der Waals surface area contributed by atoms with E-state index in [9.17, 15) is 4.79 Å². The molecule has 144 valence electrons. The zero-order chi connectivity index (χ0) is 18.2. The Morgan fingerprint density at radius 2 is 1.84 bits per heavy atom. The maximum absolute atomic E-state index is 11.9. The highest BCUT2D eigenvalue weighted by atomic mass is 35.5. The summed E-state index contributed by atoms with van der Waals surface area (Å²) in [5.74, 6) is 1.12. The first kappa shape index (κ1) is 23.5. The fourth-order valence-electron chi connectivity index (χ4n) is 2.08. The maximum atomic E-state index is 11.9. The molecule has 1 atom stereocenters. The standard InChI is InChI=1S/C19H32N2O3.ClH/c1-7-14(3)20-12-15-9-10-16(17(11-15)23-8-2)24-13-18(22)21-19(4,5)6;/h9-11,14,20H,7-8,12-13H2,1-6H3,(H,21,22);1H. The van der Waals surface area contributed by atoms with Crippen LogP contribution in [0.5, 0.6) is 11.5 Å². The molecule has 25 heavy (non-hydrogen) atoms. The molecule has 0 aliphatic rings. The van der Waals surface area contributed by atoms with Gasteiger partial charge in [0, 0.05) is 18.1 Å². The fourth-order valence-corrected chi connectivity index (χ4v) is 2.08. The van der Waals surface area contributed by atoms with Gasteiger partial charge >= 0.3 is 0 Å². The van der Waals surface area contributed by atoms with Gasteiger partial charge in [-0.3, -0.25) is 4.79 Å². The maximum Gasteiger partial charge on any atom is 0.258 e. The van der Waals surface area contributed by atoms with Crippen molar-refractivity contribution in [3.63, 3.8) is 0 Å². The van der Waals surface area contributed by atoms with E-state index >= 15 is 0 Å². The van der Waals surface area contributed by atoms with Crippen LogP contribution in [-0.4, -0.2) is 30.7 Å². The smallest absolute Gasteiger partial charge is 0.258 e. The third-order valence-electron chi connectivity index (χ3n) is 3.45. The SMILES string of the molecule is CCOc1cc(CNC(C)CC)ccc1OCC(=O)NC(C)(C)C.Cl. The zero-order valence-electron chi connectivity index (χ0n) is 16.3. The molecule has 0 bridgehead atoms. The molecule has 0 saturated heterocycles. The fraction of sp³-hybridized carbons (Fsp3) is 0.632. The van der Waals surface area contributed by atoms with E-state index in [2.05, 4.69) is 24.5 Å². The minimum absolute atomic E-state index is 0. The van der Waals surface area contributed by atoms with E-state index in [1.165, 1.54) is 0 Å². The molecule has 1 unspecified atom stereocenters. The lowest BCUT2D eigenvalue weighted by Gasteiger charge is -2.21. The normalized spacial score (nSPS) is 12.1. The van der Waals surface area contributed by atoms with Crippen molar-refractivity contribution in [1.82, 2.24) is 10.6 Å². The van der Waals surface area contributed by atoms with E-state index in [0.717, 1.165) is 18.5 Å². The van der Waals surface area contributed by atoms with E-state index in [4.69, 9.17) is 9.47 Å². The van der Waals surface area contributed by atoms with Gasteiger partial charge in [-0.15, -0.1) is 12.4 Å². The number of rotatable bonds is 9. The molecule has 1 aromatic carbocycles. The van der Waals surface area contributed by atoms with Crippen LogP contribution in [0.15, 0.2) is 18.2 Å². The van der Waals surface area contributed by atoms with Crippen LogP contribution in [0.1, 0.15) is 53.5 Å². The molecule has 1 aromatic rings. The minimum atomic E-state index is -0.269. The van der Waals surface area contributed by atoms with Gasteiger partial charge in [0.25, 0.3) is 5.91 Å². The third kappa shape index (κ3) is 9.56. The lowest BCUT2D eigenvalue weighted by Crippen LogP contribution is -2.43. The molecule has 1 amide bonds. The Hall–Kier alpha value is -1.46. The molecule has 5 nitrogen and oxygen atoms in total. The molecule has 2 N–H and O–H groups in total. The van der Waals surface area contributed by atoms with Crippen LogP contribution in [0.4, 0.5) is 0 Å². The molecule has 0 fully saturated rings. The molecule has 6 heteroatoms. The molecule has 0 radical (unpaired) electrons. The van der Waals surface area contributed by atoms with Gasteiger partial charge in [-0.1, -0.05) is 13.0 Å².